The first kappa shape index (κ1) is 21.9. The van der Waals surface area contributed by atoms with Gasteiger partial charge in [0.15, 0.2) is 0 Å². The van der Waals surface area contributed by atoms with Crippen molar-refractivity contribution in [3.05, 3.63) is 24.3 Å². The first-order valence-electron chi connectivity index (χ1n) is 10.3. The Kier molecular flexibility index (Phi) is 7.61. The SMILES string of the molecule is CCCN(CCC)C(=O)CCCC(=O)Nc1nc2ccccc2n1C(C)(C)C. The Bertz CT molecular complexity index is 798. The van der Waals surface area contributed by atoms with E-state index in [1.807, 2.05) is 29.2 Å². The number of anilines is 1. The summed E-state index contributed by atoms with van der Waals surface area (Å²) in [6.07, 6.45) is 3.17. The van der Waals surface area contributed by atoms with E-state index in [4.69, 9.17) is 0 Å². The molecule has 0 saturated heterocycles. The molecule has 2 amide bonds. The molecule has 2 rings (SSSR count). The Balaban J connectivity index is 1.99. The summed E-state index contributed by atoms with van der Waals surface area (Å²) < 4.78 is 2.05. The van der Waals surface area contributed by atoms with E-state index in [0.717, 1.165) is 37.0 Å². The first-order chi connectivity index (χ1) is 13.3. The molecule has 2 aromatic rings. The molecule has 0 radical (unpaired) electrons. The lowest BCUT2D eigenvalue weighted by Crippen LogP contribution is -2.32. The Morgan fingerprint density at radius 1 is 1.07 bits per heavy atom. The van der Waals surface area contributed by atoms with Crippen molar-refractivity contribution in [2.24, 2.45) is 0 Å². The Hall–Kier alpha value is -2.37. The fourth-order valence-corrected chi connectivity index (χ4v) is 3.44. The summed E-state index contributed by atoms with van der Waals surface area (Å²) in [5.74, 6) is 0.591. The van der Waals surface area contributed by atoms with Gasteiger partial charge in [-0.15, -0.1) is 0 Å². The van der Waals surface area contributed by atoms with E-state index in [0.29, 0.717) is 25.2 Å². The zero-order valence-corrected chi connectivity index (χ0v) is 17.9. The van der Waals surface area contributed by atoms with Crippen molar-refractivity contribution in [1.29, 1.82) is 0 Å². The van der Waals surface area contributed by atoms with Crippen LogP contribution in [0.4, 0.5) is 5.95 Å². The fraction of sp³-hybridized carbons (Fsp3) is 0.591. The molecule has 0 aliphatic rings. The second kappa shape index (κ2) is 9.71. The highest BCUT2D eigenvalue weighted by Crippen LogP contribution is 2.28. The molecule has 1 aromatic carbocycles. The number of imidazole rings is 1. The maximum Gasteiger partial charge on any atom is 0.226 e. The smallest absolute Gasteiger partial charge is 0.226 e. The molecule has 6 nitrogen and oxygen atoms in total. The van der Waals surface area contributed by atoms with Gasteiger partial charge in [0.05, 0.1) is 11.0 Å². The minimum atomic E-state index is -0.213. The number of hydrogen-bond donors (Lipinski definition) is 1. The van der Waals surface area contributed by atoms with Gasteiger partial charge in [0.25, 0.3) is 0 Å². The summed E-state index contributed by atoms with van der Waals surface area (Å²) in [7, 11) is 0. The summed E-state index contributed by atoms with van der Waals surface area (Å²) in [4.78, 5) is 31.3. The van der Waals surface area contributed by atoms with Crippen LogP contribution < -0.4 is 5.32 Å². The van der Waals surface area contributed by atoms with Crippen LogP contribution in [0.3, 0.4) is 0 Å². The normalized spacial score (nSPS) is 11.6. The number of fused-ring (bicyclic) bond motifs is 1. The maximum atomic E-state index is 12.5. The minimum absolute atomic E-state index is 0.105. The summed E-state index contributed by atoms with van der Waals surface area (Å²) in [6, 6.07) is 7.87. The molecule has 0 atom stereocenters. The van der Waals surface area contributed by atoms with Crippen LogP contribution in [-0.2, 0) is 15.1 Å². The predicted octanol–water partition coefficient (Wildman–Crippen LogP) is 4.55. The van der Waals surface area contributed by atoms with Crippen LogP contribution in [0, 0.1) is 0 Å². The number of aromatic nitrogens is 2. The Morgan fingerprint density at radius 3 is 2.32 bits per heavy atom. The zero-order chi connectivity index (χ0) is 20.7. The van der Waals surface area contributed by atoms with Crippen LogP contribution in [0.2, 0.25) is 0 Å². The number of hydrogen-bond acceptors (Lipinski definition) is 3. The summed E-state index contributed by atoms with van der Waals surface area (Å²) in [5, 5.41) is 2.95. The third kappa shape index (κ3) is 5.57. The van der Waals surface area contributed by atoms with Crippen molar-refractivity contribution >= 4 is 28.8 Å². The third-order valence-electron chi connectivity index (χ3n) is 4.62. The topological polar surface area (TPSA) is 67.2 Å². The van der Waals surface area contributed by atoms with Crippen molar-refractivity contribution in [1.82, 2.24) is 14.5 Å². The molecular formula is C22H34N4O2. The molecule has 0 fully saturated rings. The van der Waals surface area contributed by atoms with Gasteiger partial charge in [-0.25, -0.2) is 4.98 Å². The number of nitrogens with zero attached hydrogens (tertiary/aromatic N) is 3. The maximum absolute atomic E-state index is 12.5. The molecule has 1 aromatic heterocycles. The molecule has 0 spiro atoms. The van der Waals surface area contributed by atoms with Crippen molar-refractivity contribution in [3.8, 4) is 0 Å². The largest absolute Gasteiger partial charge is 0.343 e. The van der Waals surface area contributed by atoms with Crippen molar-refractivity contribution in [2.75, 3.05) is 18.4 Å². The molecular weight excluding hydrogens is 352 g/mol. The highest BCUT2D eigenvalue weighted by molar-refractivity contribution is 5.92. The molecule has 0 unspecified atom stereocenters. The van der Waals surface area contributed by atoms with Gasteiger partial charge in [-0.2, -0.15) is 0 Å². The van der Waals surface area contributed by atoms with Crippen molar-refractivity contribution in [2.45, 2.75) is 72.3 Å². The predicted molar refractivity (Wildman–Crippen MR) is 114 cm³/mol. The second-order valence-electron chi connectivity index (χ2n) is 8.21. The summed E-state index contributed by atoms with van der Waals surface area (Å²) in [6.45, 7) is 12.0. The van der Waals surface area contributed by atoms with Gasteiger partial charge in [-0.1, -0.05) is 26.0 Å². The van der Waals surface area contributed by atoms with Gasteiger partial charge in [-0.3, -0.25) is 14.9 Å². The lowest BCUT2D eigenvalue weighted by Gasteiger charge is -2.24. The summed E-state index contributed by atoms with van der Waals surface area (Å²) in [5.41, 5.74) is 1.64. The van der Waals surface area contributed by atoms with E-state index in [2.05, 4.69) is 49.5 Å². The van der Waals surface area contributed by atoms with E-state index >= 15 is 0 Å². The molecule has 28 heavy (non-hydrogen) atoms. The van der Waals surface area contributed by atoms with E-state index < -0.39 is 0 Å². The van der Waals surface area contributed by atoms with Crippen LogP contribution in [0.25, 0.3) is 11.0 Å². The lowest BCUT2D eigenvalue weighted by molar-refractivity contribution is -0.131. The van der Waals surface area contributed by atoms with Gasteiger partial charge in [0.2, 0.25) is 17.8 Å². The molecule has 0 bridgehead atoms. The zero-order valence-electron chi connectivity index (χ0n) is 17.9. The quantitative estimate of drug-likeness (QED) is 0.687. The van der Waals surface area contributed by atoms with Crippen LogP contribution in [0.15, 0.2) is 24.3 Å². The monoisotopic (exact) mass is 386 g/mol. The van der Waals surface area contributed by atoms with Gasteiger partial charge < -0.3 is 9.47 Å². The standard InChI is InChI=1S/C22H34N4O2/c1-6-15-25(16-7-2)20(28)14-10-13-19(27)24-21-23-17-11-8-9-12-18(17)26(21)22(3,4)5/h8-9,11-12H,6-7,10,13-16H2,1-5H3,(H,23,24,27). The molecule has 1 heterocycles. The van der Waals surface area contributed by atoms with Gasteiger partial charge >= 0.3 is 0 Å². The average molecular weight is 387 g/mol. The third-order valence-corrected chi connectivity index (χ3v) is 4.62. The van der Waals surface area contributed by atoms with E-state index in [1.54, 1.807) is 0 Å². The van der Waals surface area contributed by atoms with Crippen molar-refractivity contribution in [3.63, 3.8) is 0 Å². The number of para-hydroxylation sites is 2. The number of carbonyl (C=O) groups is 2. The highest BCUT2D eigenvalue weighted by atomic mass is 16.2. The molecule has 1 N–H and O–H groups in total. The Labute approximate surface area is 168 Å². The number of nitrogens with one attached hydrogen (secondary N) is 1. The van der Waals surface area contributed by atoms with E-state index in [9.17, 15) is 9.59 Å². The summed E-state index contributed by atoms with van der Waals surface area (Å²) >= 11 is 0. The van der Waals surface area contributed by atoms with Crippen LogP contribution in [-0.4, -0.2) is 39.4 Å². The lowest BCUT2D eigenvalue weighted by atomic mass is 10.1. The second-order valence-corrected chi connectivity index (χ2v) is 8.21. The number of carbonyl (C=O) groups excluding carboxylic acids is 2. The average Bonchev–Trinajstić information content (AvgIpc) is 2.99. The Morgan fingerprint density at radius 2 is 1.71 bits per heavy atom. The molecule has 6 heteroatoms. The van der Waals surface area contributed by atoms with Gasteiger partial charge in [-0.05, 0) is 52.2 Å². The molecule has 0 aliphatic heterocycles. The molecule has 0 saturated carbocycles. The van der Waals surface area contributed by atoms with E-state index in [-0.39, 0.29) is 17.4 Å². The van der Waals surface area contributed by atoms with Gasteiger partial charge in [0, 0.05) is 31.5 Å². The van der Waals surface area contributed by atoms with Crippen LogP contribution in [0.5, 0.6) is 0 Å². The molecule has 0 aliphatic carbocycles. The first-order valence-corrected chi connectivity index (χ1v) is 10.3. The minimum Gasteiger partial charge on any atom is -0.343 e. The molecule has 154 valence electrons. The highest BCUT2D eigenvalue weighted by Gasteiger charge is 2.22. The van der Waals surface area contributed by atoms with Crippen molar-refractivity contribution < 1.29 is 9.59 Å². The van der Waals surface area contributed by atoms with E-state index in [1.165, 1.54) is 0 Å². The number of amides is 2. The van der Waals surface area contributed by atoms with Crippen LogP contribution >= 0.6 is 0 Å². The number of benzene rings is 1. The van der Waals surface area contributed by atoms with Crippen LogP contribution in [0.1, 0.15) is 66.7 Å². The van der Waals surface area contributed by atoms with Gasteiger partial charge in [0.1, 0.15) is 0 Å². The fourth-order valence-electron chi connectivity index (χ4n) is 3.44. The number of rotatable bonds is 9.